The van der Waals surface area contributed by atoms with Gasteiger partial charge in [-0.2, -0.15) is 0 Å². The SMILES string of the molecule is CN(C)S(=O)(=O)c1ccc(Cl)c(C(=O)N2CCC[C@H]3CCCC[C@@H]32)c1. The van der Waals surface area contributed by atoms with Crippen molar-refractivity contribution >= 4 is 27.5 Å². The zero-order valence-electron chi connectivity index (χ0n) is 14.7. The summed E-state index contributed by atoms with van der Waals surface area (Å²) in [6.45, 7) is 0.723. The highest BCUT2D eigenvalue weighted by Gasteiger charge is 2.36. The average molecular weight is 385 g/mol. The molecule has 1 saturated heterocycles. The number of carbonyl (C=O) groups excluding carboxylic acids is 1. The molecule has 1 aliphatic heterocycles. The Morgan fingerprint density at radius 2 is 1.84 bits per heavy atom. The predicted octanol–water partition coefficient (Wildman–Crippen LogP) is 3.39. The van der Waals surface area contributed by atoms with Crippen molar-refractivity contribution in [3.63, 3.8) is 0 Å². The third-order valence-electron chi connectivity index (χ3n) is 5.45. The Morgan fingerprint density at radius 1 is 1.16 bits per heavy atom. The Balaban J connectivity index is 1.94. The summed E-state index contributed by atoms with van der Waals surface area (Å²) < 4.78 is 25.9. The summed E-state index contributed by atoms with van der Waals surface area (Å²) in [6, 6.07) is 4.65. The van der Waals surface area contributed by atoms with Gasteiger partial charge in [-0.1, -0.05) is 24.4 Å². The zero-order valence-corrected chi connectivity index (χ0v) is 16.3. The number of benzene rings is 1. The molecule has 2 atom stereocenters. The Hall–Kier alpha value is -1.11. The highest BCUT2D eigenvalue weighted by Crippen LogP contribution is 2.36. The highest BCUT2D eigenvalue weighted by atomic mass is 35.5. The van der Waals surface area contributed by atoms with Crippen LogP contribution in [0.5, 0.6) is 0 Å². The average Bonchev–Trinajstić information content (AvgIpc) is 2.60. The number of piperidine rings is 1. The molecule has 2 aliphatic rings. The molecule has 7 heteroatoms. The number of sulfonamides is 1. The van der Waals surface area contributed by atoms with Crippen molar-refractivity contribution in [2.24, 2.45) is 5.92 Å². The van der Waals surface area contributed by atoms with Crippen LogP contribution in [0, 0.1) is 5.92 Å². The molecule has 3 rings (SSSR count). The van der Waals surface area contributed by atoms with Crippen LogP contribution in [0.2, 0.25) is 5.02 Å². The van der Waals surface area contributed by atoms with Crippen molar-refractivity contribution in [3.8, 4) is 0 Å². The second kappa shape index (κ2) is 7.25. The summed E-state index contributed by atoms with van der Waals surface area (Å²) in [4.78, 5) is 15.2. The summed E-state index contributed by atoms with van der Waals surface area (Å²) in [7, 11) is -0.650. The third-order valence-corrected chi connectivity index (χ3v) is 7.59. The van der Waals surface area contributed by atoms with E-state index >= 15 is 0 Å². The first kappa shape index (κ1) is 18.7. The number of halogens is 1. The van der Waals surface area contributed by atoms with Gasteiger partial charge in [-0.05, 0) is 49.8 Å². The lowest BCUT2D eigenvalue weighted by molar-refractivity contribution is 0.0390. The molecule has 138 valence electrons. The number of hydrogen-bond acceptors (Lipinski definition) is 3. The van der Waals surface area contributed by atoms with Crippen molar-refractivity contribution in [3.05, 3.63) is 28.8 Å². The molecule has 1 aliphatic carbocycles. The minimum absolute atomic E-state index is 0.0995. The van der Waals surface area contributed by atoms with Gasteiger partial charge in [0.1, 0.15) is 0 Å². The van der Waals surface area contributed by atoms with Gasteiger partial charge in [0.2, 0.25) is 10.0 Å². The third kappa shape index (κ3) is 3.57. The van der Waals surface area contributed by atoms with Crippen LogP contribution in [-0.4, -0.2) is 50.2 Å². The number of likely N-dealkylation sites (tertiary alicyclic amines) is 1. The number of rotatable bonds is 3. The largest absolute Gasteiger partial charge is 0.335 e. The van der Waals surface area contributed by atoms with Gasteiger partial charge in [-0.25, -0.2) is 12.7 Å². The number of fused-ring (bicyclic) bond motifs is 1. The molecule has 2 fully saturated rings. The highest BCUT2D eigenvalue weighted by molar-refractivity contribution is 7.89. The van der Waals surface area contributed by atoms with Crippen molar-refractivity contribution < 1.29 is 13.2 Å². The standard InChI is InChI=1S/C18H25ClN2O3S/c1-20(2)25(23,24)14-9-10-16(19)15(12-14)18(22)21-11-5-7-13-6-3-4-8-17(13)21/h9-10,12-13,17H,3-8,11H2,1-2H3/t13-,17+/m1/s1. The van der Waals surface area contributed by atoms with E-state index in [0.717, 1.165) is 30.1 Å². The smallest absolute Gasteiger partial charge is 0.255 e. The first-order valence-corrected chi connectivity index (χ1v) is 10.7. The lowest BCUT2D eigenvalue weighted by Crippen LogP contribution is -2.49. The fourth-order valence-corrected chi connectivity index (χ4v) is 5.20. The Kier molecular flexibility index (Phi) is 5.42. The van der Waals surface area contributed by atoms with Gasteiger partial charge in [0.05, 0.1) is 15.5 Å². The van der Waals surface area contributed by atoms with Crippen LogP contribution >= 0.6 is 11.6 Å². The second-order valence-corrected chi connectivity index (χ2v) is 9.74. The van der Waals surface area contributed by atoms with E-state index in [4.69, 9.17) is 11.6 Å². The molecule has 1 heterocycles. The topological polar surface area (TPSA) is 57.7 Å². The Morgan fingerprint density at radius 3 is 2.56 bits per heavy atom. The summed E-state index contributed by atoms with van der Waals surface area (Å²) in [5.41, 5.74) is 0.288. The van der Waals surface area contributed by atoms with E-state index in [-0.39, 0.29) is 22.4 Å². The monoisotopic (exact) mass is 384 g/mol. The van der Waals surface area contributed by atoms with E-state index in [1.54, 1.807) is 0 Å². The van der Waals surface area contributed by atoms with Crippen molar-refractivity contribution in [1.29, 1.82) is 0 Å². The van der Waals surface area contributed by atoms with Crippen LogP contribution in [0.15, 0.2) is 23.1 Å². The van der Waals surface area contributed by atoms with Crippen LogP contribution in [0.1, 0.15) is 48.9 Å². The van der Waals surface area contributed by atoms with Crippen molar-refractivity contribution in [1.82, 2.24) is 9.21 Å². The molecule has 1 aromatic rings. The lowest BCUT2D eigenvalue weighted by atomic mass is 9.78. The summed E-state index contributed by atoms with van der Waals surface area (Å²) in [5, 5.41) is 0.306. The lowest BCUT2D eigenvalue weighted by Gasteiger charge is -2.44. The second-order valence-electron chi connectivity index (χ2n) is 7.18. The maximum atomic E-state index is 13.2. The minimum atomic E-state index is -3.60. The zero-order chi connectivity index (χ0) is 18.2. The molecule has 1 saturated carbocycles. The molecule has 0 spiro atoms. The molecule has 0 aromatic heterocycles. The molecule has 1 amide bonds. The van der Waals surface area contributed by atoms with Crippen molar-refractivity contribution in [2.45, 2.75) is 49.5 Å². The molecule has 25 heavy (non-hydrogen) atoms. The van der Waals surface area contributed by atoms with Crippen LogP contribution < -0.4 is 0 Å². The van der Waals surface area contributed by atoms with Crippen LogP contribution in [0.4, 0.5) is 0 Å². The van der Waals surface area contributed by atoms with E-state index in [9.17, 15) is 13.2 Å². The first-order valence-electron chi connectivity index (χ1n) is 8.85. The molecule has 1 aromatic carbocycles. The van der Waals surface area contributed by atoms with E-state index in [2.05, 4.69) is 0 Å². The number of nitrogens with zero attached hydrogens (tertiary/aromatic N) is 2. The predicted molar refractivity (Wildman–Crippen MR) is 98.3 cm³/mol. The van der Waals surface area contributed by atoms with E-state index in [0.29, 0.717) is 10.9 Å². The number of amides is 1. The Bertz CT molecular complexity index is 762. The van der Waals surface area contributed by atoms with E-state index in [1.807, 2.05) is 4.90 Å². The van der Waals surface area contributed by atoms with Gasteiger partial charge in [-0.3, -0.25) is 4.79 Å². The summed E-state index contributed by atoms with van der Waals surface area (Å²) >= 11 is 6.26. The summed E-state index contributed by atoms with van der Waals surface area (Å²) in [6.07, 6.45) is 6.77. The van der Waals surface area contributed by atoms with Gasteiger partial charge in [-0.15, -0.1) is 0 Å². The maximum Gasteiger partial charge on any atom is 0.255 e. The van der Waals surface area contributed by atoms with Crippen LogP contribution in [0.3, 0.4) is 0 Å². The first-order chi connectivity index (χ1) is 11.8. The fourth-order valence-electron chi connectivity index (χ4n) is 4.07. The van der Waals surface area contributed by atoms with Gasteiger partial charge in [0, 0.05) is 26.7 Å². The molecule has 0 radical (unpaired) electrons. The van der Waals surface area contributed by atoms with Gasteiger partial charge in [0.15, 0.2) is 0 Å². The van der Waals surface area contributed by atoms with Gasteiger partial charge in [0.25, 0.3) is 5.91 Å². The maximum absolute atomic E-state index is 13.2. The van der Waals surface area contributed by atoms with Crippen molar-refractivity contribution in [2.75, 3.05) is 20.6 Å². The Labute approximate surface area is 155 Å². The molecular weight excluding hydrogens is 360 g/mol. The number of carbonyl (C=O) groups is 1. The number of hydrogen-bond donors (Lipinski definition) is 0. The summed E-state index contributed by atoms with van der Waals surface area (Å²) in [5.74, 6) is 0.427. The van der Waals surface area contributed by atoms with Crippen LogP contribution in [0.25, 0.3) is 0 Å². The van der Waals surface area contributed by atoms with Gasteiger partial charge < -0.3 is 4.90 Å². The van der Waals surface area contributed by atoms with Gasteiger partial charge >= 0.3 is 0 Å². The minimum Gasteiger partial charge on any atom is -0.335 e. The molecule has 0 N–H and O–H groups in total. The normalized spacial score (nSPS) is 24.2. The van der Waals surface area contributed by atoms with E-state index < -0.39 is 10.0 Å². The quantitative estimate of drug-likeness (QED) is 0.802. The molecular formula is C18H25ClN2O3S. The molecule has 0 bridgehead atoms. The molecule has 5 nitrogen and oxygen atoms in total. The van der Waals surface area contributed by atoms with E-state index in [1.165, 1.54) is 51.6 Å². The molecule has 0 unspecified atom stereocenters. The van der Waals surface area contributed by atoms with Crippen LogP contribution in [-0.2, 0) is 10.0 Å². The fraction of sp³-hybridized carbons (Fsp3) is 0.611.